The van der Waals surface area contributed by atoms with Crippen molar-refractivity contribution in [3.05, 3.63) is 38.3 Å². The Hall–Kier alpha value is -0.650. The monoisotopic (exact) mass is 300 g/mol. The van der Waals surface area contributed by atoms with Gasteiger partial charge < -0.3 is 5.11 Å². The Morgan fingerprint density at radius 2 is 2.38 bits per heavy atom. The predicted octanol–water partition coefficient (Wildman–Crippen LogP) is 2.83. The first kappa shape index (κ1) is 11.8. The zero-order valence-corrected chi connectivity index (χ0v) is 11.5. The standard InChI is InChI=1S/C11H13BrN2OS/c1-7-11(12)9(14(2)13-7)5-10(15)8-3-4-16-6-8/h3-4,6,10,15H,5H2,1-2H3. The van der Waals surface area contributed by atoms with Gasteiger partial charge in [0, 0.05) is 13.5 Å². The Labute approximate surface area is 107 Å². The van der Waals surface area contributed by atoms with Crippen molar-refractivity contribution in [1.82, 2.24) is 9.78 Å². The highest BCUT2D eigenvalue weighted by Crippen LogP contribution is 2.26. The van der Waals surface area contributed by atoms with E-state index in [0.29, 0.717) is 6.42 Å². The van der Waals surface area contributed by atoms with Crippen molar-refractivity contribution in [3.8, 4) is 0 Å². The van der Waals surface area contributed by atoms with Gasteiger partial charge in [-0.25, -0.2) is 0 Å². The van der Waals surface area contributed by atoms with Crippen LogP contribution < -0.4 is 0 Å². The molecule has 0 radical (unpaired) electrons. The van der Waals surface area contributed by atoms with Gasteiger partial charge in [0.1, 0.15) is 0 Å². The van der Waals surface area contributed by atoms with Crippen molar-refractivity contribution in [2.24, 2.45) is 7.05 Å². The van der Waals surface area contributed by atoms with Crippen LogP contribution in [0, 0.1) is 6.92 Å². The number of aryl methyl sites for hydroxylation is 2. The lowest BCUT2D eigenvalue weighted by atomic mass is 10.1. The van der Waals surface area contributed by atoms with E-state index in [9.17, 15) is 5.11 Å². The second-order valence-electron chi connectivity index (χ2n) is 3.75. The molecular formula is C11H13BrN2OS. The minimum absolute atomic E-state index is 0.461. The SMILES string of the molecule is Cc1nn(C)c(CC(O)c2ccsc2)c1Br. The number of nitrogens with zero attached hydrogens (tertiary/aromatic N) is 2. The first-order chi connectivity index (χ1) is 7.59. The van der Waals surface area contributed by atoms with Crippen LogP contribution in [0.5, 0.6) is 0 Å². The largest absolute Gasteiger partial charge is 0.388 e. The van der Waals surface area contributed by atoms with Crippen LogP contribution >= 0.6 is 27.3 Å². The molecule has 0 fully saturated rings. The number of halogens is 1. The van der Waals surface area contributed by atoms with Gasteiger partial charge in [-0.1, -0.05) is 0 Å². The van der Waals surface area contributed by atoms with Gasteiger partial charge in [-0.2, -0.15) is 16.4 Å². The average molecular weight is 301 g/mol. The van der Waals surface area contributed by atoms with Crippen LogP contribution in [0.3, 0.4) is 0 Å². The second-order valence-corrected chi connectivity index (χ2v) is 5.32. The van der Waals surface area contributed by atoms with Gasteiger partial charge in [-0.3, -0.25) is 4.68 Å². The third kappa shape index (κ3) is 2.21. The molecule has 0 saturated heterocycles. The molecule has 1 atom stereocenters. The van der Waals surface area contributed by atoms with Crippen molar-refractivity contribution in [1.29, 1.82) is 0 Å². The summed E-state index contributed by atoms with van der Waals surface area (Å²) in [5.74, 6) is 0. The maximum absolute atomic E-state index is 10.1. The lowest BCUT2D eigenvalue weighted by molar-refractivity contribution is 0.176. The summed E-state index contributed by atoms with van der Waals surface area (Å²) in [7, 11) is 1.90. The van der Waals surface area contributed by atoms with E-state index < -0.39 is 6.10 Å². The van der Waals surface area contributed by atoms with Crippen LogP contribution in [0.2, 0.25) is 0 Å². The van der Waals surface area contributed by atoms with Gasteiger partial charge in [0.05, 0.1) is 22.0 Å². The topological polar surface area (TPSA) is 38.0 Å². The van der Waals surface area contributed by atoms with E-state index in [0.717, 1.165) is 21.4 Å². The smallest absolute Gasteiger partial charge is 0.0853 e. The highest BCUT2D eigenvalue weighted by molar-refractivity contribution is 9.10. The summed E-state index contributed by atoms with van der Waals surface area (Å²) in [5.41, 5.74) is 2.95. The number of hydrogen-bond donors (Lipinski definition) is 1. The minimum atomic E-state index is -0.461. The first-order valence-electron chi connectivity index (χ1n) is 4.97. The maximum atomic E-state index is 10.1. The Morgan fingerprint density at radius 3 is 2.88 bits per heavy atom. The molecule has 3 nitrogen and oxygen atoms in total. The summed E-state index contributed by atoms with van der Waals surface area (Å²) in [6.45, 7) is 1.95. The van der Waals surface area contributed by atoms with Crippen LogP contribution in [0.1, 0.15) is 23.1 Å². The van der Waals surface area contributed by atoms with Crippen molar-refractivity contribution in [2.45, 2.75) is 19.4 Å². The van der Waals surface area contributed by atoms with Crippen LogP contribution in [-0.4, -0.2) is 14.9 Å². The Balaban J connectivity index is 2.21. The van der Waals surface area contributed by atoms with Crippen molar-refractivity contribution in [2.75, 3.05) is 0 Å². The van der Waals surface area contributed by atoms with E-state index in [-0.39, 0.29) is 0 Å². The second kappa shape index (κ2) is 4.69. The van der Waals surface area contributed by atoms with E-state index in [1.165, 1.54) is 0 Å². The first-order valence-corrected chi connectivity index (χ1v) is 6.71. The maximum Gasteiger partial charge on any atom is 0.0853 e. The number of aromatic nitrogens is 2. The van der Waals surface area contributed by atoms with Crippen molar-refractivity contribution >= 4 is 27.3 Å². The van der Waals surface area contributed by atoms with Crippen LogP contribution in [0.25, 0.3) is 0 Å². The van der Waals surface area contributed by atoms with Gasteiger partial charge >= 0.3 is 0 Å². The number of rotatable bonds is 3. The van der Waals surface area contributed by atoms with Gasteiger partial charge in [0.15, 0.2) is 0 Å². The molecule has 1 N–H and O–H groups in total. The molecule has 0 spiro atoms. The lowest BCUT2D eigenvalue weighted by Crippen LogP contribution is -2.06. The molecule has 2 aromatic heterocycles. The number of thiophene rings is 1. The third-order valence-electron chi connectivity index (χ3n) is 2.58. The lowest BCUT2D eigenvalue weighted by Gasteiger charge is -2.09. The Bertz CT molecular complexity index is 478. The van der Waals surface area contributed by atoms with Crippen LogP contribution in [0.4, 0.5) is 0 Å². The summed E-state index contributed by atoms with van der Waals surface area (Å²) in [4.78, 5) is 0. The number of hydrogen-bond acceptors (Lipinski definition) is 3. The van der Waals surface area contributed by atoms with Gasteiger partial charge in [0.25, 0.3) is 0 Å². The summed E-state index contributed by atoms with van der Waals surface area (Å²) in [6.07, 6.45) is 0.117. The fraction of sp³-hybridized carbons (Fsp3) is 0.364. The van der Waals surface area contributed by atoms with Gasteiger partial charge in [-0.05, 0) is 45.2 Å². The predicted molar refractivity (Wildman–Crippen MR) is 68.6 cm³/mol. The van der Waals surface area contributed by atoms with Crippen LogP contribution in [-0.2, 0) is 13.5 Å². The molecule has 16 heavy (non-hydrogen) atoms. The summed E-state index contributed by atoms with van der Waals surface area (Å²) in [5, 5.41) is 18.3. The zero-order valence-electron chi connectivity index (χ0n) is 9.14. The van der Waals surface area contributed by atoms with E-state index in [1.54, 1.807) is 11.3 Å². The molecule has 86 valence electrons. The zero-order chi connectivity index (χ0) is 11.7. The molecule has 0 aliphatic carbocycles. The summed E-state index contributed by atoms with van der Waals surface area (Å²) >= 11 is 5.10. The van der Waals surface area contributed by atoms with Crippen LogP contribution in [0.15, 0.2) is 21.3 Å². The van der Waals surface area contributed by atoms with Crippen molar-refractivity contribution < 1.29 is 5.11 Å². The summed E-state index contributed by atoms with van der Waals surface area (Å²) in [6, 6.07) is 1.95. The molecular weight excluding hydrogens is 288 g/mol. The minimum Gasteiger partial charge on any atom is -0.388 e. The molecule has 2 heterocycles. The number of aliphatic hydroxyl groups is 1. The highest BCUT2D eigenvalue weighted by Gasteiger charge is 2.16. The van der Waals surface area contributed by atoms with E-state index in [4.69, 9.17) is 0 Å². The van der Waals surface area contributed by atoms with Gasteiger partial charge in [0.2, 0.25) is 0 Å². The molecule has 0 saturated carbocycles. The molecule has 0 amide bonds. The molecule has 5 heteroatoms. The molecule has 0 bridgehead atoms. The average Bonchev–Trinajstić information content (AvgIpc) is 2.83. The third-order valence-corrected chi connectivity index (χ3v) is 4.31. The fourth-order valence-corrected chi connectivity index (χ4v) is 2.87. The Kier molecular flexibility index (Phi) is 3.47. The fourth-order valence-electron chi connectivity index (χ4n) is 1.67. The van der Waals surface area contributed by atoms with Gasteiger partial charge in [-0.15, -0.1) is 0 Å². The quantitative estimate of drug-likeness (QED) is 0.946. The molecule has 0 aliphatic heterocycles. The molecule has 0 aromatic carbocycles. The Morgan fingerprint density at radius 1 is 1.62 bits per heavy atom. The molecule has 0 aliphatic rings. The molecule has 1 unspecified atom stereocenters. The normalized spacial score (nSPS) is 13.0. The van der Waals surface area contributed by atoms with E-state index in [2.05, 4.69) is 21.0 Å². The summed E-state index contributed by atoms with van der Waals surface area (Å²) < 4.78 is 2.80. The molecule has 2 rings (SSSR count). The number of aliphatic hydroxyl groups excluding tert-OH is 1. The van der Waals surface area contributed by atoms with E-state index in [1.807, 2.05) is 35.5 Å². The van der Waals surface area contributed by atoms with Crippen molar-refractivity contribution in [3.63, 3.8) is 0 Å². The molecule has 2 aromatic rings. The van der Waals surface area contributed by atoms with E-state index >= 15 is 0 Å². The highest BCUT2D eigenvalue weighted by atomic mass is 79.9.